The Kier molecular flexibility index (Phi) is 7.26. The highest BCUT2D eigenvalue weighted by Gasteiger charge is 2.47. The van der Waals surface area contributed by atoms with E-state index in [9.17, 15) is 24.6 Å². The van der Waals surface area contributed by atoms with E-state index in [0.29, 0.717) is 33.7 Å². The summed E-state index contributed by atoms with van der Waals surface area (Å²) in [5.41, 5.74) is 2.88. The number of ketones is 1. The Labute approximate surface area is 220 Å². The smallest absolute Gasteiger partial charge is 0.338 e. The van der Waals surface area contributed by atoms with Gasteiger partial charge in [0.25, 0.3) is 11.7 Å². The van der Waals surface area contributed by atoms with Gasteiger partial charge in [-0.05, 0) is 92.9 Å². The zero-order valence-electron chi connectivity index (χ0n) is 21.8. The maximum atomic E-state index is 13.4. The maximum absolute atomic E-state index is 13.4. The van der Waals surface area contributed by atoms with Crippen LogP contribution in [0.25, 0.3) is 5.76 Å². The molecule has 196 valence electrons. The molecule has 1 saturated heterocycles. The SMILES string of the molecule is COc1cc(C)c(/C(O)=C2\C(=O)C(=O)N(c3ccc(C(=O)OC(C)C)cc3)C2c2ccc(O)cc2)cc1C. The summed E-state index contributed by atoms with van der Waals surface area (Å²) >= 11 is 0. The van der Waals surface area contributed by atoms with E-state index in [1.54, 1.807) is 64.3 Å². The number of hydrogen-bond donors (Lipinski definition) is 2. The number of nitrogens with zero attached hydrogens (tertiary/aromatic N) is 1. The van der Waals surface area contributed by atoms with Gasteiger partial charge in [0, 0.05) is 11.3 Å². The number of Topliss-reactive ketones (excluding diaryl/α,β-unsaturated/α-hetero) is 1. The van der Waals surface area contributed by atoms with Crippen LogP contribution in [0.1, 0.15) is 52.5 Å². The maximum Gasteiger partial charge on any atom is 0.338 e. The number of aryl methyl sites for hydroxylation is 2. The Hall–Kier alpha value is -4.59. The Morgan fingerprint density at radius 3 is 2.16 bits per heavy atom. The molecule has 0 aliphatic carbocycles. The topological polar surface area (TPSA) is 113 Å². The molecule has 1 amide bonds. The molecule has 0 radical (unpaired) electrons. The van der Waals surface area contributed by atoms with E-state index < -0.39 is 23.7 Å². The lowest BCUT2D eigenvalue weighted by Crippen LogP contribution is -2.29. The first-order valence-electron chi connectivity index (χ1n) is 12.1. The summed E-state index contributed by atoms with van der Waals surface area (Å²) in [4.78, 5) is 40.4. The minimum Gasteiger partial charge on any atom is -0.508 e. The number of benzene rings is 3. The van der Waals surface area contributed by atoms with Gasteiger partial charge < -0.3 is 19.7 Å². The number of ether oxygens (including phenoxy) is 2. The first kappa shape index (κ1) is 26.5. The van der Waals surface area contributed by atoms with Gasteiger partial charge >= 0.3 is 5.97 Å². The summed E-state index contributed by atoms with van der Waals surface area (Å²) < 4.78 is 10.6. The number of methoxy groups -OCH3 is 1. The molecule has 8 heteroatoms. The molecule has 1 heterocycles. The molecule has 1 unspecified atom stereocenters. The summed E-state index contributed by atoms with van der Waals surface area (Å²) in [5, 5.41) is 21.3. The van der Waals surface area contributed by atoms with E-state index in [-0.39, 0.29) is 23.2 Å². The fourth-order valence-electron chi connectivity index (χ4n) is 4.52. The number of carbonyl (C=O) groups is 3. The van der Waals surface area contributed by atoms with E-state index in [2.05, 4.69) is 0 Å². The van der Waals surface area contributed by atoms with Gasteiger partial charge in [0.05, 0.1) is 30.4 Å². The predicted octanol–water partition coefficient (Wildman–Crippen LogP) is 5.21. The number of rotatable bonds is 6. The highest BCUT2D eigenvalue weighted by atomic mass is 16.5. The number of carbonyl (C=O) groups excluding carboxylic acids is 3. The van der Waals surface area contributed by atoms with Crippen LogP contribution < -0.4 is 9.64 Å². The normalized spacial score (nSPS) is 16.7. The van der Waals surface area contributed by atoms with Crippen molar-refractivity contribution in [1.82, 2.24) is 0 Å². The second-order valence-corrected chi connectivity index (χ2v) is 9.40. The standard InChI is InChI=1S/C30H29NO7/c1-16(2)38-30(36)20-6-10-21(11-7-20)31-26(19-8-12-22(32)13-9-19)25(28(34)29(31)35)27(33)23-14-18(4)24(37-5)15-17(23)3/h6-16,26,32-33H,1-5H3/b27-25+. The van der Waals surface area contributed by atoms with Crippen molar-refractivity contribution in [3.8, 4) is 11.5 Å². The van der Waals surface area contributed by atoms with E-state index in [1.807, 2.05) is 6.92 Å². The molecule has 1 atom stereocenters. The highest BCUT2D eigenvalue weighted by molar-refractivity contribution is 6.51. The van der Waals surface area contributed by atoms with Crippen LogP contribution in [0.4, 0.5) is 5.69 Å². The van der Waals surface area contributed by atoms with Gasteiger partial charge in [-0.1, -0.05) is 12.1 Å². The van der Waals surface area contributed by atoms with Gasteiger partial charge in [-0.3, -0.25) is 14.5 Å². The van der Waals surface area contributed by atoms with Crippen LogP contribution in [0.2, 0.25) is 0 Å². The van der Waals surface area contributed by atoms with Crippen LogP contribution in [-0.4, -0.2) is 41.1 Å². The van der Waals surface area contributed by atoms with Crippen molar-refractivity contribution in [1.29, 1.82) is 0 Å². The zero-order chi connectivity index (χ0) is 27.7. The lowest BCUT2D eigenvalue weighted by molar-refractivity contribution is -0.132. The molecule has 1 fully saturated rings. The Bertz CT molecular complexity index is 1440. The van der Waals surface area contributed by atoms with Crippen LogP contribution >= 0.6 is 0 Å². The zero-order valence-corrected chi connectivity index (χ0v) is 21.8. The molecule has 8 nitrogen and oxygen atoms in total. The van der Waals surface area contributed by atoms with Crippen LogP contribution in [0.15, 0.2) is 66.2 Å². The Morgan fingerprint density at radius 2 is 1.58 bits per heavy atom. The quantitative estimate of drug-likeness (QED) is 0.201. The minimum atomic E-state index is -0.981. The van der Waals surface area contributed by atoms with Gasteiger partial charge in [0.2, 0.25) is 0 Å². The van der Waals surface area contributed by atoms with Gasteiger partial charge in [-0.15, -0.1) is 0 Å². The molecule has 4 rings (SSSR count). The molecule has 3 aromatic rings. The summed E-state index contributed by atoms with van der Waals surface area (Å²) in [6, 6.07) is 14.7. The number of hydrogen-bond acceptors (Lipinski definition) is 7. The first-order valence-corrected chi connectivity index (χ1v) is 12.1. The minimum absolute atomic E-state index is 0.0142. The third-order valence-electron chi connectivity index (χ3n) is 6.37. The lowest BCUT2D eigenvalue weighted by atomic mass is 9.93. The second-order valence-electron chi connectivity index (χ2n) is 9.40. The fraction of sp³-hybridized carbons (Fsp3) is 0.233. The fourth-order valence-corrected chi connectivity index (χ4v) is 4.52. The van der Waals surface area contributed by atoms with Gasteiger partial charge in [0.1, 0.15) is 17.3 Å². The molecule has 0 aromatic heterocycles. The molecule has 0 spiro atoms. The average Bonchev–Trinajstić information content (AvgIpc) is 3.15. The van der Waals surface area contributed by atoms with E-state index in [0.717, 1.165) is 5.56 Å². The number of phenolic OH excluding ortho intramolecular Hbond substituents is 1. The summed E-state index contributed by atoms with van der Waals surface area (Å²) in [6.07, 6.45) is -0.292. The summed E-state index contributed by atoms with van der Waals surface area (Å²) in [5.74, 6) is -1.86. The largest absolute Gasteiger partial charge is 0.508 e. The van der Waals surface area contributed by atoms with Gasteiger partial charge in [-0.25, -0.2) is 4.79 Å². The predicted molar refractivity (Wildman–Crippen MR) is 142 cm³/mol. The second kappa shape index (κ2) is 10.4. The monoisotopic (exact) mass is 515 g/mol. The summed E-state index contributed by atoms with van der Waals surface area (Å²) in [7, 11) is 1.55. The molecular formula is C30H29NO7. The van der Waals surface area contributed by atoms with Crippen LogP contribution in [-0.2, 0) is 14.3 Å². The van der Waals surface area contributed by atoms with Crippen molar-refractivity contribution < 1.29 is 34.1 Å². The first-order chi connectivity index (χ1) is 18.0. The number of aromatic hydroxyl groups is 1. The van der Waals surface area contributed by atoms with Crippen molar-refractivity contribution in [2.45, 2.75) is 39.8 Å². The summed E-state index contributed by atoms with van der Waals surface area (Å²) in [6.45, 7) is 7.08. The van der Waals surface area contributed by atoms with Gasteiger partial charge in [0.15, 0.2) is 0 Å². The van der Waals surface area contributed by atoms with Gasteiger partial charge in [-0.2, -0.15) is 0 Å². The van der Waals surface area contributed by atoms with Crippen LogP contribution in [0, 0.1) is 13.8 Å². The van der Waals surface area contributed by atoms with Crippen molar-refractivity contribution in [3.63, 3.8) is 0 Å². The third kappa shape index (κ3) is 4.85. The van der Waals surface area contributed by atoms with Crippen molar-refractivity contribution in [2.75, 3.05) is 12.0 Å². The highest BCUT2D eigenvalue weighted by Crippen LogP contribution is 2.43. The molecule has 1 aliphatic rings. The molecular weight excluding hydrogens is 486 g/mol. The average molecular weight is 516 g/mol. The molecule has 0 saturated carbocycles. The number of amides is 1. The van der Waals surface area contributed by atoms with E-state index in [1.165, 1.54) is 29.2 Å². The van der Waals surface area contributed by atoms with Crippen molar-refractivity contribution in [3.05, 3.63) is 94.1 Å². The number of anilines is 1. The number of aliphatic hydroxyl groups excluding tert-OH is 1. The van der Waals surface area contributed by atoms with E-state index >= 15 is 0 Å². The molecule has 1 aliphatic heterocycles. The Morgan fingerprint density at radius 1 is 0.947 bits per heavy atom. The molecule has 0 bridgehead atoms. The third-order valence-corrected chi connectivity index (χ3v) is 6.37. The Balaban J connectivity index is 1.87. The van der Waals surface area contributed by atoms with Crippen LogP contribution in [0.3, 0.4) is 0 Å². The number of esters is 1. The van der Waals surface area contributed by atoms with Crippen molar-refractivity contribution >= 4 is 29.1 Å². The number of aliphatic hydroxyl groups is 1. The number of phenols is 1. The lowest BCUT2D eigenvalue weighted by Gasteiger charge is -2.26. The molecule has 3 aromatic carbocycles. The van der Waals surface area contributed by atoms with Crippen LogP contribution in [0.5, 0.6) is 11.5 Å². The van der Waals surface area contributed by atoms with Crippen molar-refractivity contribution in [2.24, 2.45) is 0 Å². The molecule has 38 heavy (non-hydrogen) atoms. The van der Waals surface area contributed by atoms with E-state index in [4.69, 9.17) is 9.47 Å². The molecule has 2 N–H and O–H groups in total.